The average molecular weight is 253 g/mol. The van der Waals surface area contributed by atoms with Gasteiger partial charge >= 0.3 is 5.69 Å². The highest BCUT2D eigenvalue weighted by molar-refractivity contribution is 5.86. The molecule has 0 saturated carbocycles. The molecule has 1 aliphatic rings. The number of anilines is 1. The van der Waals surface area contributed by atoms with E-state index < -0.39 is 17.3 Å². The molecule has 1 aromatic rings. The minimum atomic E-state index is -0.527. The second kappa shape index (κ2) is 4.28. The Kier molecular flexibility index (Phi) is 2.93. The van der Waals surface area contributed by atoms with Crippen LogP contribution >= 0.6 is 0 Å². The smallest absolute Gasteiger partial charge is 0.346 e. The van der Waals surface area contributed by atoms with Crippen LogP contribution in [0.4, 0.5) is 5.82 Å². The molecule has 0 radical (unpaired) electrons. The molecule has 8 heteroatoms. The van der Waals surface area contributed by atoms with Crippen molar-refractivity contribution >= 4 is 11.7 Å². The van der Waals surface area contributed by atoms with Gasteiger partial charge in [0.1, 0.15) is 6.04 Å². The van der Waals surface area contributed by atoms with Crippen molar-refractivity contribution in [1.82, 2.24) is 19.2 Å². The summed E-state index contributed by atoms with van der Waals surface area (Å²) < 4.78 is 2.02. The van der Waals surface area contributed by atoms with E-state index in [2.05, 4.69) is 10.4 Å². The molecule has 1 saturated heterocycles. The third kappa shape index (κ3) is 1.89. The molecule has 0 aliphatic carbocycles. The molecule has 0 spiro atoms. The minimum Gasteiger partial charge on any atom is -0.352 e. The Morgan fingerprint density at radius 1 is 1.22 bits per heavy atom. The summed E-state index contributed by atoms with van der Waals surface area (Å²) in [5, 5.41) is 6.65. The molecule has 1 aromatic heterocycles. The summed E-state index contributed by atoms with van der Waals surface area (Å²) in [4.78, 5) is 36.6. The molecule has 1 atom stereocenters. The van der Waals surface area contributed by atoms with Crippen molar-refractivity contribution < 1.29 is 4.79 Å². The quantitative estimate of drug-likeness (QED) is 0.666. The van der Waals surface area contributed by atoms with Gasteiger partial charge in [-0.15, -0.1) is 5.10 Å². The number of carbonyl (C=O) groups excluding carboxylic acids is 1. The van der Waals surface area contributed by atoms with Crippen LogP contribution in [0.25, 0.3) is 0 Å². The maximum Gasteiger partial charge on any atom is 0.346 e. The first-order valence-corrected chi connectivity index (χ1v) is 5.57. The number of amides is 1. The van der Waals surface area contributed by atoms with Crippen molar-refractivity contribution in [2.24, 2.45) is 14.1 Å². The Morgan fingerprint density at radius 3 is 2.44 bits per heavy atom. The predicted molar refractivity (Wildman–Crippen MR) is 64.4 cm³/mol. The Morgan fingerprint density at radius 2 is 1.89 bits per heavy atom. The first-order chi connectivity index (χ1) is 8.41. The number of rotatable bonds is 2. The van der Waals surface area contributed by atoms with Crippen molar-refractivity contribution in [3.8, 4) is 0 Å². The minimum absolute atomic E-state index is 0.0215. The molecule has 1 amide bonds. The fraction of sp³-hybridized carbons (Fsp3) is 0.600. The van der Waals surface area contributed by atoms with Gasteiger partial charge in [0.25, 0.3) is 5.56 Å². The summed E-state index contributed by atoms with van der Waals surface area (Å²) in [6.45, 7) is 0.641. The number of hydrogen-bond acceptors (Lipinski definition) is 5. The Balaban J connectivity index is 2.34. The van der Waals surface area contributed by atoms with Crippen LogP contribution in [0, 0.1) is 0 Å². The third-order valence-electron chi connectivity index (χ3n) is 3.06. The molecule has 1 N–H and O–H groups in total. The van der Waals surface area contributed by atoms with E-state index in [9.17, 15) is 14.4 Å². The van der Waals surface area contributed by atoms with Gasteiger partial charge in [0, 0.05) is 27.7 Å². The van der Waals surface area contributed by atoms with E-state index in [1.54, 1.807) is 11.9 Å². The number of hydrogen-bond donors (Lipinski definition) is 1. The van der Waals surface area contributed by atoms with Crippen molar-refractivity contribution in [2.75, 3.05) is 18.9 Å². The summed E-state index contributed by atoms with van der Waals surface area (Å²) in [5.74, 6) is -0.0547. The van der Waals surface area contributed by atoms with Crippen LogP contribution in [0.2, 0.25) is 0 Å². The molecule has 0 bridgehead atoms. The molecule has 18 heavy (non-hydrogen) atoms. The lowest BCUT2D eigenvalue weighted by Gasteiger charge is -2.13. The molecule has 2 heterocycles. The van der Waals surface area contributed by atoms with E-state index in [1.807, 2.05) is 0 Å². The van der Waals surface area contributed by atoms with Gasteiger partial charge in [-0.3, -0.25) is 14.2 Å². The first-order valence-electron chi connectivity index (χ1n) is 5.57. The second-order valence-electron chi connectivity index (χ2n) is 4.36. The highest BCUT2D eigenvalue weighted by Crippen LogP contribution is 2.11. The van der Waals surface area contributed by atoms with E-state index in [4.69, 9.17) is 0 Å². The number of aryl methyl sites for hydroxylation is 1. The number of aromatic nitrogens is 3. The Bertz CT molecular complexity index is 603. The zero-order valence-electron chi connectivity index (χ0n) is 10.5. The molecule has 1 fully saturated rings. The maximum absolute atomic E-state index is 11.8. The van der Waals surface area contributed by atoms with Gasteiger partial charge < -0.3 is 10.2 Å². The standard InChI is InChI=1S/C10H15N5O3/c1-13-5-4-6(8(13)16)11-7-9(17)14(2)10(18)15(3)12-7/h6H,4-5H2,1-3H3,(H,11,12). The molecule has 1 unspecified atom stereocenters. The molecular weight excluding hydrogens is 238 g/mol. The topological polar surface area (TPSA) is 89.2 Å². The van der Waals surface area contributed by atoms with Crippen LogP contribution in [0.15, 0.2) is 9.59 Å². The van der Waals surface area contributed by atoms with E-state index in [0.717, 1.165) is 9.25 Å². The van der Waals surface area contributed by atoms with Gasteiger partial charge in [-0.2, -0.15) is 0 Å². The number of nitrogens with zero attached hydrogens (tertiary/aromatic N) is 4. The van der Waals surface area contributed by atoms with E-state index in [1.165, 1.54) is 14.1 Å². The van der Waals surface area contributed by atoms with Crippen LogP contribution in [0.1, 0.15) is 6.42 Å². The highest BCUT2D eigenvalue weighted by Gasteiger charge is 2.30. The van der Waals surface area contributed by atoms with Gasteiger partial charge in [-0.1, -0.05) is 0 Å². The molecular formula is C10H15N5O3. The van der Waals surface area contributed by atoms with Gasteiger partial charge in [0.05, 0.1) is 0 Å². The number of carbonyl (C=O) groups is 1. The van der Waals surface area contributed by atoms with Crippen LogP contribution in [-0.2, 0) is 18.9 Å². The lowest BCUT2D eigenvalue weighted by Crippen LogP contribution is -2.42. The van der Waals surface area contributed by atoms with Crippen molar-refractivity contribution in [2.45, 2.75) is 12.5 Å². The molecule has 0 aromatic carbocycles. The normalized spacial score (nSPS) is 19.4. The van der Waals surface area contributed by atoms with Crippen molar-refractivity contribution in [1.29, 1.82) is 0 Å². The predicted octanol–water partition coefficient (Wildman–Crippen LogP) is -1.88. The van der Waals surface area contributed by atoms with Gasteiger partial charge in [-0.25, -0.2) is 9.48 Å². The zero-order chi connectivity index (χ0) is 13.4. The van der Waals surface area contributed by atoms with Crippen LogP contribution in [-0.4, -0.2) is 44.8 Å². The zero-order valence-corrected chi connectivity index (χ0v) is 10.5. The highest BCUT2D eigenvalue weighted by atomic mass is 16.2. The fourth-order valence-electron chi connectivity index (χ4n) is 1.91. The summed E-state index contributed by atoms with van der Waals surface area (Å²) in [5.41, 5.74) is -1.03. The summed E-state index contributed by atoms with van der Waals surface area (Å²) in [6, 6.07) is -0.451. The first kappa shape index (κ1) is 12.3. The van der Waals surface area contributed by atoms with Gasteiger partial charge in [0.15, 0.2) is 0 Å². The molecule has 1 aliphatic heterocycles. The number of likely N-dealkylation sites (tertiary alicyclic amines) is 1. The van der Waals surface area contributed by atoms with E-state index in [0.29, 0.717) is 13.0 Å². The van der Waals surface area contributed by atoms with Crippen LogP contribution in [0.5, 0.6) is 0 Å². The van der Waals surface area contributed by atoms with Crippen LogP contribution in [0.3, 0.4) is 0 Å². The summed E-state index contributed by atoms with van der Waals surface area (Å²) >= 11 is 0. The van der Waals surface area contributed by atoms with E-state index >= 15 is 0 Å². The van der Waals surface area contributed by atoms with Crippen molar-refractivity contribution in [3.05, 3.63) is 20.8 Å². The third-order valence-corrected chi connectivity index (χ3v) is 3.06. The van der Waals surface area contributed by atoms with Crippen molar-refractivity contribution in [3.63, 3.8) is 0 Å². The van der Waals surface area contributed by atoms with E-state index in [-0.39, 0.29) is 11.7 Å². The average Bonchev–Trinajstić information content (AvgIpc) is 2.65. The molecule has 2 rings (SSSR count). The molecule has 98 valence electrons. The largest absolute Gasteiger partial charge is 0.352 e. The SMILES string of the molecule is CN1CCC(Nc2nn(C)c(=O)n(C)c2=O)C1=O. The number of likely N-dealkylation sites (N-methyl/N-ethyl adjacent to an activating group) is 1. The Labute approximate surface area is 103 Å². The second-order valence-corrected chi connectivity index (χ2v) is 4.36. The Hall–Kier alpha value is -2.12. The monoisotopic (exact) mass is 253 g/mol. The van der Waals surface area contributed by atoms with Gasteiger partial charge in [0.2, 0.25) is 11.7 Å². The fourth-order valence-corrected chi connectivity index (χ4v) is 1.91. The van der Waals surface area contributed by atoms with Crippen LogP contribution < -0.4 is 16.6 Å². The summed E-state index contributed by atoms with van der Waals surface area (Å²) in [7, 11) is 4.53. The molecule has 8 nitrogen and oxygen atoms in total. The maximum atomic E-state index is 11.8. The lowest BCUT2D eigenvalue weighted by atomic mass is 10.2. The summed E-state index contributed by atoms with van der Waals surface area (Å²) in [6.07, 6.45) is 0.614. The number of nitrogens with one attached hydrogen (secondary N) is 1. The van der Waals surface area contributed by atoms with Gasteiger partial charge in [-0.05, 0) is 6.42 Å². The lowest BCUT2D eigenvalue weighted by molar-refractivity contribution is -0.127.